The van der Waals surface area contributed by atoms with E-state index in [4.69, 9.17) is 0 Å². The van der Waals surface area contributed by atoms with Crippen molar-refractivity contribution < 1.29 is 38.4 Å². The SMILES string of the molecule is CC[N+](C)(C)CCCNC(=O)CC[C@@H](C)[C@H]1CCC2C3CCC4C[C@H](O)CC[C@]4(C)C3CC[C@@]21C.[I-]. The molecule has 4 unspecified atom stereocenters. The van der Waals surface area contributed by atoms with Crippen LogP contribution in [0.15, 0.2) is 0 Å². The number of hydrogen-bond donors (Lipinski definition) is 2. The summed E-state index contributed by atoms with van der Waals surface area (Å²) >= 11 is 0. The van der Waals surface area contributed by atoms with Gasteiger partial charge in [0.25, 0.3) is 0 Å². The van der Waals surface area contributed by atoms with Gasteiger partial charge < -0.3 is 38.9 Å². The van der Waals surface area contributed by atoms with Crippen LogP contribution < -0.4 is 29.3 Å². The molecule has 0 radical (unpaired) electrons. The number of nitrogens with one attached hydrogen (secondary N) is 1. The number of quaternary nitrogens is 1. The number of nitrogens with zero attached hydrogens (tertiary/aromatic N) is 1. The normalized spacial score (nSPS) is 40.9. The van der Waals surface area contributed by atoms with Crippen LogP contribution in [-0.2, 0) is 4.79 Å². The molecule has 4 aliphatic carbocycles. The molecule has 5 heteroatoms. The summed E-state index contributed by atoms with van der Waals surface area (Å²) in [5, 5.41) is 13.5. The second-order valence-corrected chi connectivity index (χ2v) is 14.5. The number of hydrogen-bond acceptors (Lipinski definition) is 2. The average molecular weight is 617 g/mol. The summed E-state index contributed by atoms with van der Waals surface area (Å²) in [6.45, 7) is 13.0. The van der Waals surface area contributed by atoms with Gasteiger partial charge in [0, 0.05) is 19.4 Å². The van der Waals surface area contributed by atoms with E-state index in [0.717, 1.165) is 79.4 Å². The number of amides is 1. The first-order chi connectivity index (χ1) is 16.5. The second kappa shape index (κ2) is 12.1. The highest BCUT2D eigenvalue weighted by molar-refractivity contribution is 5.75. The van der Waals surface area contributed by atoms with E-state index in [-0.39, 0.29) is 36.0 Å². The van der Waals surface area contributed by atoms with Gasteiger partial charge in [0.05, 0.1) is 33.3 Å². The maximum atomic E-state index is 12.6. The number of fused-ring (bicyclic) bond motifs is 5. The van der Waals surface area contributed by atoms with E-state index in [9.17, 15) is 9.90 Å². The monoisotopic (exact) mass is 616 g/mol. The molecule has 2 N–H and O–H groups in total. The van der Waals surface area contributed by atoms with Crippen LogP contribution in [0.25, 0.3) is 0 Å². The molecule has 0 saturated heterocycles. The van der Waals surface area contributed by atoms with E-state index in [1.807, 2.05) is 0 Å². The van der Waals surface area contributed by atoms with Crippen LogP contribution in [0.2, 0.25) is 0 Å². The molecular weight excluding hydrogens is 559 g/mol. The Morgan fingerprint density at radius 2 is 1.72 bits per heavy atom. The van der Waals surface area contributed by atoms with Gasteiger partial charge in [-0.1, -0.05) is 20.8 Å². The molecule has 0 aliphatic heterocycles. The van der Waals surface area contributed by atoms with Gasteiger partial charge in [0.1, 0.15) is 0 Å². The fourth-order valence-corrected chi connectivity index (χ4v) is 9.75. The quantitative estimate of drug-likeness (QED) is 0.238. The molecule has 4 aliphatic rings. The maximum Gasteiger partial charge on any atom is 0.220 e. The number of carbonyl (C=O) groups excluding carboxylic acids is 1. The molecule has 1 amide bonds. The minimum atomic E-state index is -0.0465. The van der Waals surface area contributed by atoms with Crippen LogP contribution >= 0.6 is 0 Å². The third-order valence-electron chi connectivity index (χ3n) is 12.3. The first kappa shape index (κ1) is 30.7. The predicted octanol–water partition coefficient (Wildman–Crippen LogP) is 3.03. The summed E-state index contributed by atoms with van der Waals surface area (Å²) in [7, 11) is 4.52. The van der Waals surface area contributed by atoms with Gasteiger partial charge in [0.15, 0.2) is 0 Å². The zero-order valence-corrected chi connectivity index (χ0v) is 26.5. The zero-order valence-electron chi connectivity index (χ0n) is 24.3. The molecule has 0 aromatic heterocycles. The maximum absolute atomic E-state index is 12.6. The van der Waals surface area contributed by atoms with E-state index < -0.39 is 0 Å². The van der Waals surface area contributed by atoms with Crippen LogP contribution in [0, 0.1) is 46.3 Å². The third-order valence-corrected chi connectivity index (χ3v) is 12.3. The van der Waals surface area contributed by atoms with Crippen molar-refractivity contribution in [1.82, 2.24) is 5.32 Å². The summed E-state index contributed by atoms with van der Waals surface area (Å²) in [5.41, 5.74) is 0.939. The van der Waals surface area contributed by atoms with E-state index >= 15 is 0 Å². The zero-order chi connectivity index (χ0) is 25.4. The minimum Gasteiger partial charge on any atom is -1.00 e. The molecule has 0 aromatic carbocycles. The molecule has 4 fully saturated rings. The Morgan fingerprint density at radius 3 is 2.44 bits per heavy atom. The van der Waals surface area contributed by atoms with Crippen molar-refractivity contribution in [2.75, 3.05) is 33.7 Å². The van der Waals surface area contributed by atoms with Gasteiger partial charge in [-0.25, -0.2) is 0 Å². The minimum absolute atomic E-state index is 0. The number of halogens is 1. The fourth-order valence-electron chi connectivity index (χ4n) is 9.75. The Balaban J connectivity index is 0.00000361. The Morgan fingerprint density at radius 1 is 1.03 bits per heavy atom. The molecule has 0 aromatic rings. The van der Waals surface area contributed by atoms with Gasteiger partial charge in [-0.3, -0.25) is 4.79 Å². The molecule has 9 atom stereocenters. The first-order valence-corrected chi connectivity index (χ1v) is 15.3. The van der Waals surface area contributed by atoms with Crippen molar-refractivity contribution in [2.24, 2.45) is 46.3 Å². The molecule has 0 bridgehead atoms. The van der Waals surface area contributed by atoms with Gasteiger partial charge in [-0.05, 0) is 117 Å². The van der Waals surface area contributed by atoms with Gasteiger partial charge >= 0.3 is 0 Å². The predicted molar refractivity (Wildman–Crippen MR) is 145 cm³/mol. The van der Waals surface area contributed by atoms with Crippen LogP contribution in [0.1, 0.15) is 105 Å². The lowest BCUT2D eigenvalue weighted by Gasteiger charge is -2.61. The van der Waals surface area contributed by atoms with E-state index in [1.165, 1.54) is 44.9 Å². The summed E-state index contributed by atoms with van der Waals surface area (Å²) in [5.74, 6) is 5.08. The lowest BCUT2D eigenvalue weighted by atomic mass is 9.44. The molecule has 36 heavy (non-hydrogen) atoms. The summed E-state index contributed by atoms with van der Waals surface area (Å²) < 4.78 is 1.03. The highest BCUT2D eigenvalue weighted by Crippen LogP contribution is 2.68. The van der Waals surface area contributed by atoms with E-state index in [0.29, 0.717) is 23.2 Å². The van der Waals surface area contributed by atoms with E-state index in [2.05, 4.69) is 47.1 Å². The smallest absolute Gasteiger partial charge is 0.220 e. The van der Waals surface area contributed by atoms with Crippen LogP contribution in [-0.4, -0.2) is 55.3 Å². The Bertz CT molecular complexity index is 744. The van der Waals surface area contributed by atoms with Crippen molar-refractivity contribution in [3.63, 3.8) is 0 Å². The number of carbonyl (C=O) groups is 1. The lowest BCUT2D eigenvalue weighted by molar-refractivity contribution is -0.888. The van der Waals surface area contributed by atoms with Gasteiger partial charge in [-0.2, -0.15) is 0 Å². The second-order valence-electron chi connectivity index (χ2n) is 14.5. The molecule has 4 saturated carbocycles. The van der Waals surface area contributed by atoms with Crippen molar-refractivity contribution in [1.29, 1.82) is 0 Å². The topological polar surface area (TPSA) is 49.3 Å². The summed E-state index contributed by atoms with van der Waals surface area (Å²) in [4.78, 5) is 12.6. The number of aliphatic hydroxyl groups excluding tert-OH is 1. The van der Waals surface area contributed by atoms with Crippen molar-refractivity contribution in [2.45, 2.75) is 111 Å². The Hall–Kier alpha value is 0.120. The molecule has 0 heterocycles. The molecule has 0 spiro atoms. The number of aliphatic hydroxyl groups is 1. The van der Waals surface area contributed by atoms with Crippen LogP contribution in [0.5, 0.6) is 0 Å². The average Bonchev–Trinajstić information content (AvgIpc) is 3.18. The molecular formula is C31H57IN2O2. The van der Waals surface area contributed by atoms with E-state index in [1.54, 1.807) is 0 Å². The fraction of sp³-hybridized carbons (Fsp3) is 0.968. The van der Waals surface area contributed by atoms with Crippen molar-refractivity contribution in [3.8, 4) is 0 Å². The molecule has 4 rings (SSSR count). The van der Waals surface area contributed by atoms with Crippen LogP contribution in [0.3, 0.4) is 0 Å². The lowest BCUT2D eigenvalue weighted by Crippen LogP contribution is -3.00. The first-order valence-electron chi connectivity index (χ1n) is 15.3. The summed E-state index contributed by atoms with van der Waals surface area (Å²) in [6, 6.07) is 0. The van der Waals surface area contributed by atoms with Crippen molar-refractivity contribution in [3.05, 3.63) is 0 Å². The highest BCUT2D eigenvalue weighted by Gasteiger charge is 2.60. The van der Waals surface area contributed by atoms with Gasteiger partial charge in [-0.15, -0.1) is 0 Å². The largest absolute Gasteiger partial charge is 1.00 e. The standard InChI is InChI=1S/C31H56N2O2.HI/c1-7-33(5,6)20-8-19-32-29(35)14-9-22(2)26-12-13-27-25-11-10-23-21-24(34)15-17-30(23,3)28(25)16-18-31(26,27)4;/h22-28,34H,7-21H2,1-6H3;1H/t22-,23?,24-,25?,26-,27?,28?,30+,31-;/m1./s1. The Kier molecular flexibility index (Phi) is 10.3. The molecule has 210 valence electrons. The highest BCUT2D eigenvalue weighted by atomic mass is 127. The third kappa shape index (κ3) is 6.13. The molecule has 4 nitrogen and oxygen atoms in total. The number of rotatable bonds is 9. The Labute approximate surface area is 239 Å². The summed E-state index contributed by atoms with van der Waals surface area (Å²) in [6.07, 6.45) is 14.4. The van der Waals surface area contributed by atoms with Crippen LogP contribution in [0.4, 0.5) is 0 Å². The van der Waals surface area contributed by atoms with Gasteiger partial charge in [0.2, 0.25) is 5.91 Å². The van der Waals surface area contributed by atoms with Crippen molar-refractivity contribution >= 4 is 5.91 Å².